The molecule has 0 saturated carbocycles. The van der Waals surface area contributed by atoms with Crippen LogP contribution in [0.1, 0.15) is 38.1 Å². The van der Waals surface area contributed by atoms with Crippen LogP contribution < -0.4 is 15.8 Å². The average Bonchev–Trinajstić information content (AvgIpc) is 2.35. The fourth-order valence-corrected chi connectivity index (χ4v) is 1.48. The molecule has 4 heteroatoms. The lowest BCUT2D eigenvalue weighted by molar-refractivity contribution is 0.0937. The molecule has 0 saturated heterocycles. The molecular formula is C15H24N2O2. The summed E-state index contributed by atoms with van der Waals surface area (Å²) in [5.74, 6) is 0.608. The van der Waals surface area contributed by atoms with E-state index in [1.165, 1.54) is 0 Å². The molecule has 0 unspecified atom stereocenters. The van der Waals surface area contributed by atoms with Crippen molar-refractivity contribution in [2.75, 3.05) is 13.1 Å². The van der Waals surface area contributed by atoms with Gasteiger partial charge in [-0.25, -0.2) is 0 Å². The van der Waals surface area contributed by atoms with Crippen molar-refractivity contribution in [2.45, 2.75) is 33.8 Å². The van der Waals surface area contributed by atoms with Gasteiger partial charge in [0.25, 0.3) is 5.91 Å². The van der Waals surface area contributed by atoms with Gasteiger partial charge in [0.1, 0.15) is 5.75 Å². The third-order valence-corrected chi connectivity index (χ3v) is 2.75. The number of rotatable bonds is 6. The van der Waals surface area contributed by atoms with E-state index in [0.29, 0.717) is 24.4 Å². The van der Waals surface area contributed by atoms with Gasteiger partial charge in [0.05, 0.1) is 6.10 Å². The maximum atomic E-state index is 12.0. The van der Waals surface area contributed by atoms with E-state index in [1.807, 2.05) is 39.8 Å². The van der Waals surface area contributed by atoms with Crippen LogP contribution in [0.5, 0.6) is 5.75 Å². The zero-order valence-corrected chi connectivity index (χ0v) is 12.2. The second-order valence-corrected chi connectivity index (χ2v) is 5.75. The molecule has 0 aliphatic carbocycles. The highest BCUT2D eigenvalue weighted by Gasteiger charge is 2.17. The number of amides is 1. The Bertz CT molecular complexity index is 428. The standard InChI is InChI=1S/C15H24N2O2/c1-11(2)19-13-7-5-6-12(8-13)14(18)17-10-15(3,4)9-16/h5-8,11H,9-10,16H2,1-4H3,(H,17,18). The minimum Gasteiger partial charge on any atom is -0.491 e. The van der Waals surface area contributed by atoms with E-state index in [1.54, 1.807) is 12.1 Å². The molecule has 0 aliphatic rings. The Balaban J connectivity index is 2.67. The predicted molar refractivity (Wildman–Crippen MR) is 77.4 cm³/mol. The van der Waals surface area contributed by atoms with E-state index in [2.05, 4.69) is 5.32 Å². The SMILES string of the molecule is CC(C)Oc1cccc(C(=O)NCC(C)(C)CN)c1. The first kappa shape index (κ1) is 15.5. The van der Waals surface area contributed by atoms with Gasteiger partial charge in [-0.1, -0.05) is 19.9 Å². The molecule has 4 nitrogen and oxygen atoms in total. The number of carbonyl (C=O) groups is 1. The lowest BCUT2D eigenvalue weighted by atomic mass is 9.94. The fourth-order valence-electron chi connectivity index (χ4n) is 1.48. The first-order valence-corrected chi connectivity index (χ1v) is 6.59. The normalized spacial score (nSPS) is 11.5. The number of nitrogens with one attached hydrogen (secondary N) is 1. The highest BCUT2D eigenvalue weighted by Crippen LogP contribution is 2.15. The molecule has 1 rings (SSSR count). The van der Waals surface area contributed by atoms with Gasteiger partial charge in [0, 0.05) is 12.1 Å². The van der Waals surface area contributed by atoms with E-state index in [0.717, 1.165) is 0 Å². The summed E-state index contributed by atoms with van der Waals surface area (Å²) in [5.41, 5.74) is 6.15. The van der Waals surface area contributed by atoms with E-state index in [4.69, 9.17) is 10.5 Å². The Morgan fingerprint density at radius 1 is 1.42 bits per heavy atom. The van der Waals surface area contributed by atoms with Gasteiger partial charge >= 0.3 is 0 Å². The molecule has 0 spiro atoms. The van der Waals surface area contributed by atoms with Crippen LogP contribution in [0, 0.1) is 5.41 Å². The molecule has 0 fully saturated rings. The number of ether oxygens (including phenoxy) is 1. The Morgan fingerprint density at radius 3 is 2.68 bits per heavy atom. The second kappa shape index (κ2) is 6.57. The molecule has 0 bridgehead atoms. The predicted octanol–water partition coefficient (Wildman–Crippen LogP) is 2.19. The van der Waals surface area contributed by atoms with E-state index in [-0.39, 0.29) is 17.4 Å². The van der Waals surface area contributed by atoms with Gasteiger partial charge in [-0.3, -0.25) is 4.79 Å². The monoisotopic (exact) mass is 264 g/mol. The fraction of sp³-hybridized carbons (Fsp3) is 0.533. The lowest BCUT2D eigenvalue weighted by Crippen LogP contribution is -2.38. The lowest BCUT2D eigenvalue weighted by Gasteiger charge is -2.22. The van der Waals surface area contributed by atoms with Crippen molar-refractivity contribution in [2.24, 2.45) is 11.1 Å². The molecule has 1 aromatic rings. The summed E-state index contributed by atoms with van der Waals surface area (Å²) in [5, 5.41) is 2.90. The molecule has 19 heavy (non-hydrogen) atoms. The quantitative estimate of drug-likeness (QED) is 0.827. The molecule has 0 aromatic heterocycles. The van der Waals surface area contributed by atoms with Gasteiger partial charge in [0.2, 0.25) is 0 Å². The Kier molecular flexibility index (Phi) is 5.36. The minimum absolute atomic E-state index is 0.0921. The molecule has 1 aromatic carbocycles. The van der Waals surface area contributed by atoms with E-state index < -0.39 is 0 Å². The van der Waals surface area contributed by atoms with Crippen molar-refractivity contribution >= 4 is 5.91 Å². The van der Waals surface area contributed by atoms with Crippen molar-refractivity contribution in [3.8, 4) is 5.75 Å². The third-order valence-electron chi connectivity index (χ3n) is 2.75. The highest BCUT2D eigenvalue weighted by atomic mass is 16.5. The van der Waals surface area contributed by atoms with Crippen LogP contribution >= 0.6 is 0 Å². The van der Waals surface area contributed by atoms with Gasteiger partial charge in [-0.05, 0) is 44.0 Å². The molecule has 3 N–H and O–H groups in total. The number of hydrogen-bond donors (Lipinski definition) is 2. The largest absolute Gasteiger partial charge is 0.491 e. The van der Waals surface area contributed by atoms with Crippen LogP contribution in [0.2, 0.25) is 0 Å². The molecule has 0 radical (unpaired) electrons. The summed E-state index contributed by atoms with van der Waals surface area (Å²) in [4.78, 5) is 12.0. The third kappa shape index (κ3) is 5.30. The summed E-state index contributed by atoms with van der Waals surface area (Å²) < 4.78 is 5.57. The maximum absolute atomic E-state index is 12.0. The number of hydrogen-bond acceptors (Lipinski definition) is 3. The summed E-state index contributed by atoms with van der Waals surface area (Å²) in [6, 6.07) is 7.20. The van der Waals surface area contributed by atoms with Crippen LogP contribution in [-0.4, -0.2) is 25.1 Å². The van der Waals surface area contributed by atoms with E-state index in [9.17, 15) is 4.79 Å². The highest BCUT2D eigenvalue weighted by molar-refractivity contribution is 5.94. The Labute approximate surface area is 115 Å². The van der Waals surface area contributed by atoms with Crippen molar-refractivity contribution in [1.82, 2.24) is 5.32 Å². The van der Waals surface area contributed by atoms with Gasteiger partial charge in [-0.15, -0.1) is 0 Å². The van der Waals surface area contributed by atoms with Crippen molar-refractivity contribution in [3.05, 3.63) is 29.8 Å². The van der Waals surface area contributed by atoms with Crippen LogP contribution in [0.4, 0.5) is 0 Å². The first-order valence-electron chi connectivity index (χ1n) is 6.59. The zero-order chi connectivity index (χ0) is 14.5. The Hall–Kier alpha value is -1.55. The number of carbonyl (C=O) groups excluding carboxylic acids is 1. The van der Waals surface area contributed by atoms with Crippen LogP contribution in [-0.2, 0) is 0 Å². The topological polar surface area (TPSA) is 64.3 Å². The summed E-state index contributed by atoms with van der Waals surface area (Å²) in [7, 11) is 0. The molecule has 0 heterocycles. The molecule has 0 aliphatic heterocycles. The van der Waals surface area contributed by atoms with Crippen molar-refractivity contribution < 1.29 is 9.53 Å². The van der Waals surface area contributed by atoms with Gasteiger partial charge in [0.15, 0.2) is 0 Å². The van der Waals surface area contributed by atoms with Crippen LogP contribution in [0.15, 0.2) is 24.3 Å². The van der Waals surface area contributed by atoms with Gasteiger partial charge in [-0.2, -0.15) is 0 Å². The Morgan fingerprint density at radius 2 is 2.11 bits per heavy atom. The van der Waals surface area contributed by atoms with Crippen molar-refractivity contribution in [1.29, 1.82) is 0 Å². The summed E-state index contributed by atoms with van der Waals surface area (Å²) in [6.45, 7) is 9.03. The molecule has 0 atom stereocenters. The maximum Gasteiger partial charge on any atom is 0.251 e. The minimum atomic E-state index is -0.101. The zero-order valence-electron chi connectivity index (χ0n) is 12.2. The summed E-state index contributed by atoms with van der Waals surface area (Å²) in [6.07, 6.45) is 0.0921. The molecule has 1 amide bonds. The van der Waals surface area contributed by atoms with Crippen molar-refractivity contribution in [3.63, 3.8) is 0 Å². The van der Waals surface area contributed by atoms with Crippen LogP contribution in [0.3, 0.4) is 0 Å². The summed E-state index contributed by atoms with van der Waals surface area (Å²) >= 11 is 0. The average molecular weight is 264 g/mol. The molecular weight excluding hydrogens is 240 g/mol. The second-order valence-electron chi connectivity index (χ2n) is 5.75. The van der Waals surface area contributed by atoms with Gasteiger partial charge < -0.3 is 15.8 Å². The van der Waals surface area contributed by atoms with E-state index >= 15 is 0 Å². The number of benzene rings is 1. The molecule has 106 valence electrons. The first-order chi connectivity index (χ1) is 8.84. The van der Waals surface area contributed by atoms with Crippen LogP contribution in [0.25, 0.3) is 0 Å². The number of nitrogens with two attached hydrogens (primary N) is 1. The smallest absolute Gasteiger partial charge is 0.251 e.